The second-order valence-electron chi connectivity index (χ2n) is 24.0. The molecule has 14 aromatic carbocycles. The van der Waals surface area contributed by atoms with Crippen molar-refractivity contribution in [3.05, 3.63) is 436 Å². The zero-order chi connectivity index (χ0) is 66.1. The van der Waals surface area contributed by atoms with Gasteiger partial charge in [-0.2, -0.15) is 0 Å². The van der Waals surface area contributed by atoms with Crippen LogP contribution in [0.5, 0.6) is 0 Å². The lowest BCUT2D eigenvalue weighted by atomic mass is 9.93. The molecule has 14 aromatic rings. The van der Waals surface area contributed by atoms with Crippen LogP contribution in [0.2, 0.25) is 0 Å². The fourth-order valence-electron chi connectivity index (χ4n) is 14.3. The molecule has 2 heterocycles. The van der Waals surface area contributed by atoms with Crippen molar-refractivity contribution in [2.24, 2.45) is 0 Å². The molecule has 0 aliphatic carbocycles. The van der Waals surface area contributed by atoms with E-state index in [-0.39, 0.29) is 23.1 Å². The van der Waals surface area contributed by atoms with Crippen LogP contribution in [0.1, 0.15) is 74.8 Å². The molecule has 0 fully saturated rings. The van der Waals surface area contributed by atoms with Gasteiger partial charge < -0.3 is 4.90 Å². The maximum Gasteiger partial charge on any atom is 0.195 e. The van der Waals surface area contributed by atoms with Gasteiger partial charge in [0.2, 0.25) is 0 Å². The Morgan fingerprint density at radius 1 is 0.247 bits per heavy atom. The van der Waals surface area contributed by atoms with Crippen molar-refractivity contribution in [2.45, 2.75) is 6.42 Å². The second kappa shape index (κ2) is 28.2. The number of carbonyl (C=O) groups is 4. The SMILES string of the molecule is O=C(c1ccccc1)c1cccc(C(=O)c2ccccc2)c1Br.O=C(c1ccccc1)c1cccc(C(=O)c2ccccc2)c1N1c2ccccc2[Si](c2ccccc2)(c2ccccc2)c2ccccc21.c1ccc([Si]2(c3ccccc3)c3ccccc3Cc3ccccc32)cc1. The summed E-state index contributed by atoms with van der Waals surface area (Å²) >= 11 is 3.44. The van der Waals surface area contributed by atoms with Crippen LogP contribution in [-0.4, -0.2) is 39.3 Å². The van der Waals surface area contributed by atoms with Crippen molar-refractivity contribution >= 4 is 114 Å². The van der Waals surface area contributed by atoms with Gasteiger partial charge >= 0.3 is 0 Å². The Labute approximate surface area is 576 Å². The smallest absolute Gasteiger partial charge is 0.195 e. The van der Waals surface area contributed by atoms with E-state index in [2.05, 4.69) is 239 Å². The number of anilines is 3. The first-order valence-electron chi connectivity index (χ1n) is 32.5. The highest BCUT2D eigenvalue weighted by atomic mass is 79.9. The minimum absolute atomic E-state index is 0.111. The van der Waals surface area contributed by atoms with E-state index in [1.54, 1.807) is 42.5 Å². The van der Waals surface area contributed by atoms with Crippen LogP contribution in [0.4, 0.5) is 17.1 Å². The van der Waals surface area contributed by atoms with Crippen LogP contribution in [0.25, 0.3) is 0 Å². The van der Waals surface area contributed by atoms with Gasteiger partial charge in [-0.25, -0.2) is 0 Å². The Kier molecular flexibility index (Phi) is 18.3. The molecular weight excluding hydrogens is 1280 g/mol. The van der Waals surface area contributed by atoms with Crippen molar-refractivity contribution < 1.29 is 19.2 Å². The molecule has 5 nitrogen and oxygen atoms in total. The third-order valence-corrected chi connectivity index (χ3v) is 29.2. The molecule has 464 valence electrons. The predicted molar refractivity (Wildman–Crippen MR) is 405 cm³/mol. The van der Waals surface area contributed by atoms with E-state index in [1.807, 2.05) is 115 Å². The first kappa shape index (κ1) is 62.9. The van der Waals surface area contributed by atoms with Crippen molar-refractivity contribution in [2.75, 3.05) is 4.90 Å². The van der Waals surface area contributed by atoms with Crippen LogP contribution >= 0.6 is 15.9 Å². The number of fused-ring (bicyclic) bond motifs is 4. The maximum atomic E-state index is 14.5. The highest BCUT2D eigenvalue weighted by Crippen LogP contribution is 2.43. The molecule has 16 rings (SSSR count). The van der Waals surface area contributed by atoms with Crippen molar-refractivity contribution in [3.8, 4) is 0 Å². The Bertz CT molecular complexity index is 4840. The van der Waals surface area contributed by atoms with Crippen molar-refractivity contribution in [1.82, 2.24) is 0 Å². The van der Waals surface area contributed by atoms with Crippen LogP contribution in [-0.2, 0) is 6.42 Å². The summed E-state index contributed by atoms with van der Waals surface area (Å²) in [7, 11) is -5.16. The van der Waals surface area contributed by atoms with E-state index < -0.39 is 16.1 Å². The first-order valence-corrected chi connectivity index (χ1v) is 37.3. The molecule has 0 saturated carbocycles. The summed E-state index contributed by atoms with van der Waals surface area (Å²) < 4.78 is 0.530. The summed E-state index contributed by atoms with van der Waals surface area (Å²) in [6.07, 6.45) is 1.03. The normalized spacial score (nSPS) is 12.6. The van der Waals surface area contributed by atoms with Gasteiger partial charge in [-0.1, -0.05) is 340 Å². The van der Waals surface area contributed by atoms with Crippen LogP contribution in [0.3, 0.4) is 0 Å². The highest BCUT2D eigenvalue weighted by molar-refractivity contribution is 9.10. The molecule has 0 saturated heterocycles. The summed E-state index contributed by atoms with van der Waals surface area (Å²) in [5, 5.41) is 10.9. The molecule has 0 radical (unpaired) electrons. The molecule has 97 heavy (non-hydrogen) atoms. The lowest BCUT2D eigenvalue weighted by molar-refractivity contribution is 0.102. The minimum atomic E-state index is -2.88. The van der Waals surface area contributed by atoms with Gasteiger partial charge in [-0.05, 0) is 111 Å². The molecule has 2 aliphatic heterocycles. The highest BCUT2D eigenvalue weighted by Gasteiger charge is 2.50. The van der Waals surface area contributed by atoms with Crippen LogP contribution < -0.4 is 46.4 Å². The van der Waals surface area contributed by atoms with Crippen LogP contribution in [0.15, 0.2) is 381 Å². The Balaban J connectivity index is 0.000000138. The Hall–Kier alpha value is -11.5. The summed E-state index contributed by atoms with van der Waals surface area (Å²) in [5.74, 6) is -0.493. The standard InChI is InChI=1S/C44H31NO2Si.C25H20Si.C20H13BrO2/c46-43(32-18-5-1-6-19-32)36-26-17-27-37(44(47)33-20-7-2-8-21-33)42(36)45-38-28-13-15-30-40(38)48(34-22-9-3-10-23-34,35-24-11-4-12-25-35)41-31-16-14-29-39(41)45;1-3-13-22(14-4-1)26(23-15-5-2-6-16-23)24-17-9-7-11-20(24)19-21-12-8-10-18-25(21)26;21-18-16(19(22)14-8-3-1-4-9-14)12-7-13-17(18)20(23)15-10-5-2-6-11-15/h1-31H;1-18H,19H2;1-13H. The number of hydrogen-bond acceptors (Lipinski definition) is 5. The van der Waals surface area contributed by atoms with E-state index >= 15 is 0 Å². The average Bonchev–Trinajstić information content (AvgIpc) is 0.715. The van der Waals surface area contributed by atoms with E-state index in [9.17, 15) is 19.2 Å². The molecule has 0 bridgehead atoms. The zero-order valence-electron chi connectivity index (χ0n) is 53.0. The van der Waals surface area contributed by atoms with E-state index in [0.29, 0.717) is 54.7 Å². The van der Waals surface area contributed by atoms with E-state index in [0.717, 1.165) is 17.8 Å². The van der Waals surface area contributed by atoms with Gasteiger partial charge in [0.05, 0.1) is 5.69 Å². The van der Waals surface area contributed by atoms with E-state index in [4.69, 9.17) is 0 Å². The number of benzene rings is 14. The van der Waals surface area contributed by atoms with Gasteiger partial charge in [0.15, 0.2) is 39.3 Å². The number of halogens is 1. The molecule has 0 unspecified atom stereocenters. The monoisotopic (exact) mass is 1350 g/mol. The van der Waals surface area contributed by atoms with E-state index in [1.165, 1.54) is 52.6 Å². The molecule has 0 spiro atoms. The topological polar surface area (TPSA) is 71.5 Å². The Morgan fingerprint density at radius 3 is 0.804 bits per heavy atom. The molecule has 0 aromatic heterocycles. The number of ketones is 4. The number of carbonyl (C=O) groups excluding carboxylic acids is 4. The fraction of sp³-hybridized carbons (Fsp3) is 0.0112. The number of hydrogen-bond donors (Lipinski definition) is 0. The third kappa shape index (κ3) is 11.8. The largest absolute Gasteiger partial charge is 0.309 e. The van der Waals surface area contributed by atoms with Crippen LogP contribution in [0, 0.1) is 0 Å². The van der Waals surface area contributed by atoms with Gasteiger partial charge in [0.1, 0.15) is 0 Å². The minimum Gasteiger partial charge on any atom is -0.309 e. The molecule has 8 heteroatoms. The molecule has 0 amide bonds. The molecular formula is C89H64BrNO4Si2. The van der Waals surface area contributed by atoms with Gasteiger partial charge in [0.25, 0.3) is 0 Å². The maximum absolute atomic E-state index is 14.5. The average molecular weight is 1350 g/mol. The molecule has 0 atom stereocenters. The van der Waals surface area contributed by atoms with Gasteiger partial charge in [-0.3, -0.25) is 19.2 Å². The number of rotatable bonds is 13. The van der Waals surface area contributed by atoms with Gasteiger partial charge in [-0.15, -0.1) is 0 Å². The summed E-state index contributed by atoms with van der Waals surface area (Å²) in [5.41, 5.74) is 9.71. The molecule has 0 N–H and O–H groups in total. The lowest BCUT2D eigenvalue weighted by Crippen LogP contribution is -2.77. The summed E-state index contributed by atoms with van der Waals surface area (Å²) in [4.78, 5) is 56.4. The Morgan fingerprint density at radius 2 is 0.485 bits per heavy atom. The third-order valence-electron chi connectivity index (χ3n) is 18.5. The summed E-state index contributed by atoms with van der Waals surface area (Å²) in [6.45, 7) is 0. The number of para-hydroxylation sites is 3. The first-order chi connectivity index (χ1) is 47.8. The van der Waals surface area contributed by atoms with Crippen molar-refractivity contribution in [3.63, 3.8) is 0 Å². The predicted octanol–water partition coefficient (Wildman–Crippen LogP) is 15.2. The zero-order valence-corrected chi connectivity index (χ0v) is 56.5. The molecule has 2 aliphatic rings. The quantitative estimate of drug-likeness (QED) is 0.0850. The fourth-order valence-corrected chi connectivity index (χ4v) is 25.2. The van der Waals surface area contributed by atoms with Crippen molar-refractivity contribution in [1.29, 1.82) is 0 Å². The summed E-state index contributed by atoms with van der Waals surface area (Å²) in [6, 6.07) is 127. The second-order valence-corrected chi connectivity index (χ2v) is 32.2. The van der Waals surface area contributed by atoms with Gasteiger partial charge in [0, 0.05) is 60.4 Å². The lowest BCUT2D eigenvalue weighted by Gasteiger charge is -2.45. The number of nitrogens with zero attached hydrogens (tertiary/aromatic N) is 1.